The van der Waals surface area contributed by atoms with Gasteiger partial charge in [0.05, 0.1) is 11.9 Å². The zero-order valence-electron chi connectivity index (χ0n) is 9.77. The van der Waals surface area contributed by atoms with Crippen LogP contribution in [-0.4, -0.2) is 20.9 Å². The van der Waals surface area contributed by atoms with Gasteiger partial charge in [-0.1, -0.05) is 17.7 Å². The first-order valence-electron chi connectivity index (χ1n) is 5.27. The largest absolute Gasteiger partial charge is 0.478 e. The second-order valence-corrected chi connectivity index (χ2v) is 4.30. The van der Waals surface area contributed by atoms with Gasteiger partial charge in [0.1, 0.15) is 11.3 Å². The molecule has 100 valence electrons. The zero-order valence-corrected chi connectivity index (χ0v) is 10.5. The third-order valence-corrected chi connectivity index (χ3v) is 3.05. The Morgan fingerprint density at radius 3 is 2.68 bits per heavy atom. The van der Waals surface area contributed by atoms with Crippen LogP contribution in [0.2, 0.25) is 5.02 Å². The first-order chi connectivity index (χ1) is 8.91. The summed E-state index contributed by atoms with van der Waals surface area (Å²) >= 11 is 5.92. The lowest BCUT2D eigenvalue weighted by atomic mass is 10.2. The van der Waals surface area contributed by atoms with E-state index in [0.29, 0.717) is 10.7 Å². The van der Waals surface area contributed by atoms with Crippen LogP contribution in [0.5, 0.6) is 0 Å². The Morgan fingerprint density at radius 2 is 2.16 bits per heavy atom. The highest BCUT2D eigenvalue weighted by Gasteiger charge is 2.25. The number of hydrogen-bond donors (Lipinski definition) is 1. The van der Waals surface area contributed by atoms with Crippen LogP contribution in [-0.2, 0) is 0 Å². The van der Waals surface area contributed by atoms with Gasteiger partial charge in [0, 0.05) is 5.02 Å². The first-order valence-corrected chi connectivity index (χ1v) is 5.65. The van der Waals surface area contributed by atoms with Crippen LogP contribution in [0.1, 0.15) is 28.0 Å². The molecule has 1 heterocycles. The Morgan fingerprint density at radius 1 is 1.47 bits per heavy atom. The molecule has 0 aliphatic rings. The van der Waals surface area contributed by atoms with E-state index in [2.05, 4.69) is 5.10 Å². The van der Waals surface area contributed by atoms with Crippen LogP contribution in [0, 0.1) is 6.92 Å². The quantitative estimate of drug-likeness (QED) is 0.940. The molecule has 1 aromatic carbocycles. The van der Waals surface area contributed by atoms with E-state index in [1.807, 2.05) is 0 Å². The number of alkyl halides is 2. The maximum Gasteiger partial charge on any atom is 0.339 e. The van der Waals surface area contributed by atoms with Crippen molar-refractivity contribution in [3.63, 3.8) is 0 Å². The number of aryl methyl sites for hydroxylation is 1. The van der Waals surface area contributed by atoms with Crippen molar-refractivity contribution >= 4 is 17.6 Å². The minimum atomic E-state index is -2.95. The van der Waals surface area contributed by atoms with Gasteiger partial charge in [-0.15, -0.1) is 0 Å². The third-order valence-electron chi connectivity index (χ3n) is 2.64. The standard InChI is InChI=1S/C12H9ClF2N2O2/c1-6-2-3-7(4-9(6)13)17-10(11(14)15)8(5-16-17)12(18)19/h2-5,11H,1H3,(H,18,19). The van der Waals surface area contributed by atoms with E-state index in [0.717, 1.165) is 16.4 Å². The van der Waals surface area contributed by atoms with Crippen molar-refractivity contribution in [3.05, 3.63) is 46.2 Å². The lowest BCUT2D eigenvalue weighted by Gasteiger charge is -2.09. The molecule has 1 N–H and O–H groups in total. The number of carbonyl (C=O) groups is 1. The molecule has 4 nitrogen and oxygen atoms in total. The fraction of sp³-hybridized carbons (Fsp3) is 0.167. The smallest absolute Gasteiger partial charge is 0.339 e. The minimum Gasteiger partial charge on any atom is -0.478 e. The Kier molecular flexibility index (Phi) is 3.53. The third kappa shape index (κ3) is 2.44. The number of benzene rings is 1. The predicted molar refractivity (Wildman–Crippen MR) is 65.2 cm³/mol. The van der Waals surface area contributed by atoms with Gasteiger partial charge in [-0.25, -0.2) is 18.3 Å². The van der Waals surface area contributed by atoms with Crippen molar-refractivity contribution in [3.8, 4) is 5.69 Å². The molecule has 0 bridgehead atoms. The van der Waals surface area contributed by atoms with E-state index in [1.165, 1.54) is 6.07 Å². The minimum absolute atomic E-state index is 0.290. The van der Waals surface area contributed by atoms with Crippen LogP contribution in [0.3, 0.4) is 0 Å². The Balaban J connectivity index is 2.62. The van der Waals surface area contributed by atoms with E-state index < -0.39 is 23.7 Å². The number of aromatic carboxylic acids is 1. The number of rotatable bonds is 3. The highest BCUT2D eigenvalue weighted by molar-refractivity contribution is 6.31. The zero-order chi connectivity index (χ0) is 14.2. The normalized spacial score (nSPS) is 11.0. The number of carboxylic acids is 1. The summed E-state index contributed by atoms with van der Waals surface area (Å²) in [6.07, 6.45) is -2.05. The SMILES string of the molecule is Cc1ccc(-n2ncc(C(=O)O)c2C(F)F)cc1Cl. The van der Waals surface area contributed by atoms with E-state index in [-0.39, 0.29) is 0 Å². The van der Waals surface area contributed by atoms with Gasteiger partial charge >= 0.3 is 5.97 Å². The molecule has 0 saturated carbocycles. The topological polar surface area (TPSA) is 55.1 Å². The summed E-state index contributed by atoms with van der Waals surface area (Å²) < 4.78 is 26.9. The molecule has 0 amide bonds. The summed E-state index contributed by atoms with van der Waals surface area (Å²) in [5.74, 6) is -1.44. The van der Waals surface area contributed by atoms with E-state index in [9.17, 15) is 13.6 Å². The number of hydrogen-bond acceptors (Lipinski definition) is 2. The van der Waals surface area contributed by atoms with Crippen LogP contribution in [0.25, 0.3) is 5.69 Å². The molecule has 2 aromatic rings. The summed E-state index contributed by atoms with van der Waals surface area (Å²) in [5.41, 5.74) is -0.104. The highest BCUT2D eigenvalue weighted by atomic mass is 35.5. The molecule has 0 unspecified atom stereocenters. The molecule has 0 spiro atoms. The van der Waals surface area contributed by atoms with Gasteiger partial charge < -0.3 is 5.11 Å². The van der Waals surface area contributed by atoms with Crippen LogP contribution in [0.4, 0.5) is 8.78 Å². The predicted octanol–water partition coefficient (Wildman–Crippen LogP) is 3.47. The van der Waals surface area contributed by atoms with Crippen molar-refractivity contribution in [2.75, 3.05) is 0 Å². The van der Waals surface area contributed by atoms with E-state index >= 15 is 0 Å². The molecule has 19 heavy (non-hydrogen) atoms. The lowest BCUT2D eigenvalue weighted by molar-refractivity contribution is 0.0683. The number of aromatic nitrogens is 2. The maximum absolute atomic E-state index is 13.0. The monoisotopic (exact) mass is 286 g/mol. The summed E-state index contributed by atoms with van der Waals surface area (Å²) in [5, 5.41) is 13.0. The van der Waals surface area contributed by atoms with Crippen LogP contribution < -0.4 is 0 Å². The van der Waals surface area contributed by atoms with Gasteiger partial charge in [-0.3, -0.25) is 0 Å². The van der Waals surface area contributed by atoms with Crippen molar-refractivity contribution in [2.45, 2.75) is 13.3 Å². The summed E-state index contributed by atoms with van der Waals surface area (Å²) in [6, 6.07) is 4.65. The van der Waals surface area contributed by atoms with Gasteiger partial charge in [0.2, 0.25) is 0 Å². The van der Waals surface area contributed by atoms with Gasteiger partial charge in [0.15, 0.2) is 0 Å². The average Bonchev–Trinajstić information content (AvgIpc) is 2.77. The molecule has 2 rings (SSSR count). The molecule has 0 saturated heterocycles. The number of halogens is 3. The Bertz CT molecular complexity index is 641. The Labute approximate surface area is 112 Å². The van der Waals surface area contributed by atoms with Crippen molar-refractivity contribution < 1.29 is 18.7 Å². The lowest BCUT2D eigenvalue weighted by Crippen LogP contribution is -2.07. The van der Waals surface area contributed by atoms with Gasteiger partial charge in [-0.2, -0.15) is 5.10 Å². The highest BCUT2D eigenvalue weighted by Crippen LogP contribution is 2.27. The number of nitrogens with zero attached hydrogens (tertiary/aromatic N) is 2. The second kappa shape index (κ2) is 4.97. The molecular formula is C12H9ClF2N2O2. The fourth-order valence-corrected chi connectivity index (χ4v) is 1.83. The van der Waals surface area contributed by atoms with E-state index in [1.54, 1.807) is 19.1 Å². The van der Waals surface area contributed by atoms with Crippen LogP contribution >= 0.6 is 11.6 Å². The molecular weight excluding hydrogens is 278 g/mol. The molecule has 7 heteroatoms. The average molecular weight is 287 g/mol. The van der Waals surface area contributed by atoms with Crippen LogP contribution in [0.15, 0.2) is 24.4 Å². The summed E-state index contributed by atoms with van der Waals surface area (Å²) in [4.78, 5) is 10.9. The van der Waals surface area contributed by atoms with Crippen molar-refractivity contribution in [1.82, 2.24) is 9.78 Å². The molecule has 0 atom stereocenters. The molecule has 0 aliphatic heterocycles. The van der Waals surface area contributed by atoms with E-state index in [4.69, 9.17) is 16.7 Å². The molecule has 0 fully saturated rings. The molecule has 0 aliphatic carbocycles. The molecule has 0 radical (unpaired) electrons. The summed E-state index contributed by atoms with van der Waals surface area (Å²) in [7, 11) is 0. The fourth-order valence-electron chi connectivity index (χ4n) is 1.65. The number of carboxylic acid groups (broad SMARTS) is 1. The molecule has 1 aromatic heterocycles. The van der Waals surface area contributed by atoms with Gasteiger partial charge in [0.25, 0.3) is 6.43 Å². The maximum atomic E-state index is 13.0. The van der Waals surface area contributed by atoms with Crippen molar-refractivity contribution in [2.24, 2.45) is 0 Å². The summed E-state index contributed by atoms with van der Waals surface area (Å²) in [6.45, 7) is 1.77. The van der Waals surface area contributed by atoms with Gasteiger partial charge in [-0.05, 0) is 24.6 Å². The second-order valence-electron chi connectivity index (χ2n) is 3.89. The first kappa shape index (κ1) is 13.5. The van der Waals surface area contributed by atoms with Crippen molar-refractivity contribution in [1.29, 1.82) is 0 Å². The Hall–Kier alpha value is -1.95.